The summed E-state index contributed by atoms with van der Waals surface area (Å²) in [5, 5.41) is 6.60. The van der Waals surface area contributed by atoms with Gasteiger partial charge in [0.2, 0.25) is 0 Å². The highest BCUT2D eigenvalue weighted by atomic mass is 33.1. The van der Waals surface area contributed by atoms with Crippen LogP contribution in [0.25, 0.3) is 0 Å². The third-order valence-corrected chi connectivity index (χ3v) is 4.02. The average Bonchev–Trinajstić information content (AvgIpc) is 2.10. The summed E-state index contributed by atoms with van der Waals surface area (Å²) in [7, 11) is 5.90. The SMILES string of the molecule is CCCSSCC(NC)NCC. The van der Waals surface area contributed by atoms with E-state index in [0.717, 1.165) is 12.3 Å². The number of hydrogen-bond donors (Lipinski definition) is 2. The molecule has 0 saturated heterocycles. The molecule has 0 fully saturated rings. The second-order valence-electron chi connectivity index (χ2n) is 2.51. The van der Waals surface area contributed by atoms with Gasteiger partial charge in [-0.05, 0) is 20.0 Å². The average molecular weight is 208 g/mol. The zero-order valence-corrected chi connectivity index (χ0v) is 9.86. The number of nitrogens with one attached hydrogen (secondary N) is 2. The molecule has 2 nitrogen and oxygen atoms in total. The fourth-order valence-corrected chi connectivity index (χ4v) is 3.10. The monoisotopic (exact) mass is 208 g/mol. The molecule has 0 radical (unpaired) electrons. The highest BCUT2D eigenvalue weighted by Crippen LogP contribution is 2.21. The molecule has 0 heterocycles. The summed E-state index contributed by atoms with van der Waals surface area (Å²) < 4.78 is 0. The van der Waals surface area contributed by atoms with Crippen molar-refractivity contribution in [1.82, 2.24) is 10.6 Å². The summed E-state index contributed by atoms with van der Waals surface area (Å²) in [6.45, 7) is 5.38. The summed E-state index contributed by atoms with van der Waals surface area (Å²) in [4.78, 5) is 0. The van der Waals surface area contributed by atoms with Crippen LogP contribution in [0, 0.1) is 0 Å². The van der Waals surface area contributed by atoms with Crippen molar-refractivity contribution in [3.05, 3.63) is 0 Å². The van der Waals surface area contributed by atoms with Crippen LogP contribution < -0.4 is 10.6 Å². The van der Waals surface area contributed by atoms with Gasteiger partial charge in [0.15, 0.2) is 0 Å². The summed E-state index contributed by atoms with van der Waals surface area (Å²) in [6, 6.07) is 0. The minimum absolute atomic E-state index is 0.462. The summed E-state index contributed by atoms with van der Waals surface area (Å²) in [5.74, 6) is 2.39. The van der Waals surface area contributed by atoms with Gasteiger partial charge in [-0.2, -0.15) is 0 Å². The first kappa shape index (κ1) is 12.6. The van der Waals surface area contributed by atoms with E-state index in [0.29, 0.717) is 6.17 Å². The van der Waals surface area contributed by atoms with Gasteiger partial charge in [-0.25, -0.2) is 0 Å². The maximum atomic E-state index is 3.36. The molecule has 0 spiro atoms. The fourth-order valence-electron chi connectivity index (χ4n) is 0.749. The van der Waals surface area contributed by atoms with Crippen molar-refractivity contribution in [1.29, 1.82) is 0 Å². The Balaban J connectivity index is 3.19. The van der Waals surface area contributed by atoms with E-state index in [1.807, 2.05) is 28.6 Å². The van der Waals surface area contributed by atoms with Crippen molar-refractivity contribution in [3.8, 4) is 0 Å². The van der Waals surface area contributed by atoms with Gasteiger partial charge in [-0.3, -0.25) is 0 Å². The zero-order chi connectivity index (χ0) is 9.23. The Morgan fingerprint density at radius 2 is 2.00 bits per heavy atom. The first-order valence-electron chi connectivity index (χ1n) is 4.50. The van der Waals surface area contributed by atoms with E-state index in [1.165, 1.54) is 12.2 Å². The predicted octanol–water partition coefficient (Wildman–Crippen LogP) is 1.93. The maximum Gasteiger partial charge on any atom is 0.0670 e. The number of rotatable bonds is 8. The van der Waals surface area contributed by atoms with Crippen LogP contribution in [-0.4, -0.2) is 31.3 Å². The summed E-state index contributed by atoms with van der Waals surface area (Å²) >= 11 is 0. The Kier molecular flexibility index (Phi) is 10.2. The highest BCUT2D eigenvalue weighted by molar-refractivity contribution is 8.76. The van der Waals surface area contributed by atoms with Gasteiger partial charge < -0.3 is 10.6 Å². The first-order valence-corrected chi connectivity index (χ1v) is 6.99. The second kappa shape index (κ2) is 9.71. The van der Waals surface area contributed by atoms with E-state index in [9.17, 15) is 0 Å². The van der Waals surface area contributed by atoms with Crippen molar-refractivity contribution in [2.45, 2.75) is 26.4 Å². The molecule has 0 aliphatic carbocycles. The number of hydrogen-bond acceptors (Lipinski definition) is 4. The zero-order valence-electron chi connectivity index (χ0n) is 8.22. The largest absolute Gasteiger partial charge is 0.304 e. The van der Waals surface area contributed by atoms with E-state index in [-0.39, 0.29) is 0 Å². The molecule has 0 aromatic rings. The van der Waals surface area contributed by atoms with E-state index < -0.39 is 0 Å². The van der Waals surface area contributed by atoms with Crippen LogP contribution in [0.4, 0.5) is 0 Å². The van der Waals surface area contributed by atoms with E-state index in [4.69, 9.17) is 0 Å². The lowest BCUT2D eigenvalue weighted by Gasteiger charge is -2.15. The molecule has 74 valence electrons. The van der Waals surface area contributed by atoms with Crippen LogP contribution in [0.2, 0.25) is 0 Å². The third kappa shape index (κ3) is 7.28. The highest BCUT2D eigenvalue weighted by Gasteiger charge is 2.02. The Morgan fingerprint density at radius 3 is 2.50 bits per heavy atom. The van der Waals surface area contributed by atoms with Gasteiger partial charge in [0.25, 0.3) is 0 Å². The lowest BCUT2D eigenvalue weighted by Crippen LogP contribution is -2.41. The Morgan fingerprint density at radius 1 is 1.25 bits per heavy atom. The van der Waals surface area contributed by atoms with Crippen LogP contribution >= 0.6 is 21.6 Å². The second-order valence-corrected chi connectivity index (χ2v) is 5.13. The molecular formula is C8H20N2S2. The predicted molar refractivity (Wildman–Crippen MR) is 61.7 cm³/mol. The molecule has 1 unspecified atom stereocenters. The van der Waals surface area contributed by atoms with Crippen molar-refractivity contribution < 1.29 is 0 Å². The normalized spacial score (nSPS) is 13.2. The summed E-state index contributed by atoms with van der Waals surface area (Å²) in [6.07, 6.45) is 1.73. The van der Waals surface area contributed by atoms with Crippen molar-refractivity contribution >= 4 is 21.6 Å². The molecule has 0 aromatic heterocycles. The van der Waals surface area contributed by atoms with Crippen LogP contribution in [0.5, 0.6) is 0 Å². The van der Waals surface area contributed by atoms with Gasteiger partial charge in [0, 0.05) is 11.5 Å². The summed E-state index contributed by atoms with van der Waals surface area (Å²) in [5.41, 5.74) is 0. The van der Waals surface area contributed by atoms with E-state index >= 15 is 0 Å². The van der Waals surface area contributed by atoms with Gasteiger partial charge in [0.05, 0.1) is 6.17 Å². The van der Waals surface area contributed by atoms with Crippen molar-refractivity contribution in [3.63, 3.8) is 0 Å². The standard InChI is InChI=1S/C8H20N2S2/c1-4-6-11-12-7-8(9-3)10-5-2/h8-10H,4-7H2,1-3H3. The lowest BCUT2D eigenvalue weighted by molar-refractivity contribution is 0.512. The quantitative estimate of drug-likeness (QED) is 0.362. The Labute approximate surface area is 84.0 Å². The first-order chi connectivity index (χ1) is 5.85. The smallest absolute Gasteiger partial charge is 0.0670 e. The maximum absolute atomic E-state index is 3.36. The molecule has 0 saturated carbocycles. The molecule has 4 heteroatoms. The lowest BCUT2D eigenvalue weighted by atomic mass is 10.5. The molecule has 0 aliphatic heterocycles. The van der Waals surface area contributed by atoms with E-state index in [1.54, 1.807) is 0 Å². The van der Waals surface area contributed by atoms with Crippen LogP contribution in [-0.2, 0) is 0 Å². The van der Waals surface area contributed by atoms with Crippen LogP contribution in [0.15, 0.2) is 0 Å². The van der Waals surface area contributed by atoms with Crippen LogP contribution in [0.3, 0.4) is 0 Å². The molecule has 0 aliphatic rings. The molecular weight excluding hydrogens is 188 g/mol. The van der Waals surface area contributed by atoms with Gasteiger partial charge in [-0.15, -0.1) is 0 Å². The molecule has 0 rings (SSSR count). The molecule has 0 amide bonds. The van der Waals surface area contributed by atoms with Crippen molar-refractivity contribution in [2.75, 3.05) is 25.1 Å². The fraction of sp³-hybridized carbons (Fsp3) is 1.00. The topological polar surface area (TPSA) is 24.1 Å². The molecule has 12 heavy (non-hydrogen) atoms. The molecule has 0 bridgehead atoms. The van der Waals surface area contributed by atoms with Gasteiger partial charge in [0.1, 0.15) is 0 Å². The molecule has 2 N–H and O–H groups in total. The Hall–Kier alpha value is 0.620. The van der Waals surface area contributed by atoms with Gasteiger partial charge in [-0.1, -0.05) is 35.4 Å². The van der Waals surface area contributed by atoms with Crippen LogP contribution in [0.1, 0.15) is 20.3 Å². The third-order valence-electron chi connectivity index (χ3n) is 1.40. The minimum Gasteiger partial charge on any atom is -0.304 e. The molecule has 0 aromatic carbocycles. The van der Waals surface area contributed by atoms with Crippen molar-refractivity contribution in [2.24, 2.45) is 0 Å². The van der Waals surface area contributed by atoms with Gasteiger partial charge >= 0.3 is 0 Å². The molecule has 1 atom stereocenters. The Bertz CT molecular complexity index is 91.1. The minimum atomic E-state index is 0.462. The van der Waals surface area contributed by atoms with E-state index in [2.05, 4.69) is 24.5 Å².